The van der Waals surface area contributed by atoms with E-state index in [2.05, 4.69) is 55.4 Å². The molecule has 0 saturated carbocycles. The smallest absolute Gasteiger partial charge is 0.462 e. The van der Waals surface area contributed by atoms with E-state index in [0.29, 0.717) is 31.6 Å². The number of unbranched alkanes of at least 4 members (excludes halogenated alkanes) is 42. The van der Waals surface area contributed by atoms with E-state index < -0.39 is 97.5 Å². The highest BCUT2D eigenvalue weighted by Crippen LogP contribution is 2.45. The van der Waals surface area contributed by atoms with Crippen LogP contribution in [0.15, 0.2) is 0 Å². The van der Waals surface area contributed by atoms with Gasteiger partial charge in [0.25, 0.3) is 0 Å². The highest BCUT2D eigenvalue weighted by atomic mass is 31.2. The molecule has 0 rings (SSSR count). The minimum Gasteiger partial charge on any atom is -0.462 e. The van der Waals surface area contributed by atoms with Crippen LogP contribution in [0.2, 0.25) is 0 Å². The van der Waals surface area contributed by atoms with Crippen molar-refractivity contribution < 1.29 is 80.2 Å². The second-order valence-corrected chi connectivity index (χ2v) is 33.4. The number of aliphatic hydroxyl groups is 1. The first-order chi connectivity index (χ1) is 47.6. The summed E-state index contributed by atoms with van der Waals surface area (Å²) < 4.78 is 68.6. The number of phosphoric ester groups is 2. The van der Waals surface area contributed by atoms with Crippen molar-refractivity contribution in [3.8, 4) is 0 Å². The van der Waals surface area contributed by atoms with Crippen molar-refractivity contribution in [2.24, 2.45) is 23.7 Å². The van der Waals surface area contributed by atoms with Crippen molar-refractivity contribution in [1.82, 2.24) is 0 Å². The molecule has 588 valence electrons. The first kappa shape index (κ1) is 97.1. The van der Waals surface area contributed by atoms with Crippen molar-refractivity contribution in [1.29, 1.82) is 0 Å². The van der Waals surface area contributed by atoms with Crippen LogP contribution in [0.3, 0.4) is 0 Å². The standard InChI is InChI=1S/C80H156O17P2/c1-9-73(8)59-51-43-34-28-21-17-14-15-18-22-29-35-44-52-60-77(82)90-66-75(96-79(84)62-54-46-36-30-23-19-13-11-10-12-16-20-26-32-40-48-56-70(2)3)68-94-98(86,87)92-64-74(81)65-93-99(88,89)95-69-76(67-91-78(83)61-53-45-39-38-42-50-58-72(6)7)97-80(85)63-55-47-37-31-25-24-27-33-41-49-57-71(4)5/h70-76,81H,9-69H2,1-8H3,(H,86,87)(H,88,89)/t73?,74-,75-,76-/m1/s1. The van der Waals surface area contributed by atoms with Crippen LogP contribution in [-0.4, -0.2) is 96.7 Å². The number of aliphatic hydroxyl groups excluding tert-OH is 1. The number of phosphoric acid groups is 2. The van der Waals surface area contributed by atoms with Gasteiger partial charge < -0.3 is 33.8 Å². The van der Waals surface area contributed by atoms with E-state index >= 15 is 0 Å². The van der Waals surface area contributed by atoms with Gasteiger partial charge in [0.15, 0.2) is 12.2 Å². The normalized spacial score (nSPS) is 14.3. The Bertz CT molecular complexity index is 1940. The summed E-state index contributed by atoms with van der Waals surface area (Å²) in [5.74, 6) is 0.973. The summed E-state index contributed by atoms with van der Waals surface area (Å²) in [5.41, 5.74) is 0. The van der Waals surface area contributed by atoms with E-state index in [1.165, 1.54) is 205 Å². The average Bonchev–Trinajstić information content (AvgIpc) is 0.956. The predicted octanol–water partition coefficient (Wildman–Crippen LogP) is 23.6. The molecule has 0 amide bonds. The Balaban J connectivity index is 5.23. The average molecular weight is 1450 g/mol. The Labute approximate surface area is 607 Å². The lowest BCUT2D eigenvalue weighted by Gasteiger charge is -2.21. The van der Waals surface area contributed by atoms with Crippen LogP contribution in [-0.2, 0) is 65.4 Å². The zero-order chi connectivity index (χ0) is 73.1. The maximum Gasteiger partial charge on any atom is 0.472 e. The van der Waals surface area contributed by atoms with Gasteiger partial charge in [-0.05, 0) is 49.4 Å². The van der Waals surface area contributed by atoms with Crippen molar-refractivity contribution in [2.75, 3.05) is 39.6 Å². The number of hydrogen-bond donors (Lipinski definition) is 3. The van der Waals surface area contributed by atoms with Gasteiger partial charge in [-0.1, -0.05) is 357 Å². The number of esters is 4. The predicted molar refractivity (Wildman–Crippen MR) is 404 cm³/mol. The van der Waals surface area contributed by atoms with Gasteiger partial charge in [0, 0.05) is 25.7 Å². The van der Waals surface area contributed by atoms with E-state index in [0.717, 1.165) is 114 Å². The topological polar surface area (TPSA) is 237 Å². The molecule has 0 aromatic rings. The van der Waals surface area contributed by atoms with Crippen LogP contribution in [0.1, 0.15) is 409 Å². The first-order valence-electron chi connectivity index (χ1n) is 41.2. The zero-order valence-corrected chi connectivity index (χ0v) is 66.9. The molecule has 3 N–H and O–H groups in total. The molecule has 0 aliphatic heterocycles. The van der Waals surface area contributed by atoms with Gasteiger partial charge in [-0.3, -0.25) is 37.3 Å². The molecule has 0 aromatic heterocycles. The molecule has 17 nitrogen and oxygen atoms in total. The molecule has 0 radical (unpaired) electrons. The van der Waals surface area contributed by atoms with E-state index in [9.17, 15) is 43.2 Å². The van der Waals surface area contributed by atoms with Gasteiger partial charge in [-0.2, -0.15) is 0 Å². The van der Waals surface area contributed by atoms with Crippen LogP contribution in [0.5, 0.6) is 0 Å². The molecule has 99 heavy (non-hydrogen) atoms. The summed E-state index contributed by atoms with van der Waals surface area (Å²) >= 11 is 0. The number of ether oxygens (including phenoxy) is 4. The van der Waals surface area contributed by atoms with Gasteiger partial charge in [-0.15, -0.1) is 0 Å². The molecule has 0 aromatic carbocycles. The van der Waals surface area contributed by atoms with Gasteiger partial charge in [0.1, 0.15) is 19.3 Å². The SMILES string of the molecule is CCC(C)CCCCCCCCCCCCCCCCC(=O)OC[C@H](COP(=O)(O)OC[C@@H](O)COP(=O)(O)OC[C@@H](COC(=O)CCCCCCCCC(C)C)OC(=O)CCCCCCCCCCCCC(C)C)OC(=O)CCCCCCCCCCCCCCCCCCC(C)C. The maximum absolute atomic E-state index is 13.1. The summed E-state index contributed by atoms with van der Waals surface area (Å²) in [7, 11) is -9.92. The fraction of sp³-hybridized carbons (Fsp3) is 0.950. The molecule has 0 heterocycles. The van der Waals surface area contributed by atoms with Crippen LogP contribution >= 0.6 is 15.6 Å². The zero-order valence-electron chi connectivity index (χ0n) is 65.1. The van der Waals surface area contributed by atoms with E-state index in [1.54, 1.807) is 0 Å². The molecule has 6 atom stereocenters. The molecule has 3 unspecified atom stereocenters. The van der Waals surface area contributed by atoms with E-state index in [1.807, 2.05) is 0 Å². The van der Waals surface area contributed by atoms with Gasteiger partial charge in [0.2, 0.25) is 0 Å². The van der Waals surface area contributed by atoms with Crippen LogP contribution in [0, 0.1) is 23.7 Å². The Morgan fingerprint density at radius 1 is 0.283 bits per heavy atom. The van der Waals surface area contributed by atoms with Crippen LogP contribution < -0.4 is 0 Å². The Hall–Kier alpha value is -1.94. The third kappa shape index (κ3) is 72.8. The summed E-state index contributed by atoms with van der Waals surface area (Å²) in [5, 5.41) is 10.6. The Kier molecular flexibility index (Phi) is 67.8. The highest BCUT2D eigenvalue weighted by molar-refractivity contribution is 7.47. The highest BCUT2D eigenvalue weighted by Gasteiger charge is 2.30. The van der Waals surface area contributed by atoms with Crippen molar-refractivity contribution in [3.63, 3.8) is 0 Å². The third-order valence-corrected chi connectivity index (χ3v) is 20.8. The van der Waals surface area contributed by atoms with Gasteiger partial charge in [-0.25, -0.2) is 9.13 Å². The lowest BCUT2D eigenvalue weighted by Crippen LogP contribution is -2.30. The molecular formula is C80H156O17P2. The first-order valence-corrected chi connectivity index (χ1v) is 44.2. The number of rotatable bonds is 77. The molecule has 0 fully saturated rings. The minimum absolute atomic E-state index is 0.105. The second-order valence-electron chi connectivity index (χ2n) is 30.5. The number of carbonyl (C=O) groups excluding carboxylic acids is 4. The van der Waals surface area contributed by atoms with Crippen LogP contribution in [0.4, 0.5) is 0 Å². The Morgan fingerprint density at radius 2 is 0.485 bits per heavy atom. The van der Waals surface area contributed by atoms with Crippen molar-refractivity contribution in [3.05, 3.63) is 0 Å². The molecule has 0 spiro atoms. The lowest BCUT2D eigenvalue weighted by atomic mass is 9.99. The quantitative estimate of drug-likeness (QED) is 0.0222. The largest absolute Gasteiger partial charge is 0.472 e. The van der Waals surface area contributed by atoms with Crippen molar-refractivity contribution in [2.45, 2.75) is 427 Å². The minimum atomic E-state index is -4.96. The Morgan fingerprint density at radius 3 is 0.717 bits per heavy atom. The monoisotopic (exact) mass is 1450 g/mol. The van der Waals surface area contributed by atoms with Crippen LogP contribution in [0.25, 0.3) is 0 Å². The molecular weight excluding hydrogens is 1290 g/mol. The third-order valence-electron chi connectivity index (χ3n) is 18.9. The van der Waals surface area contributed by atoms with Crippen molar-refractivity contribution >= 4 is 39.5 Å². The number of carbonyl (C=O) groups is 4. The summed E-state index contributed by atoms with van der Waals surface area (Å²) in [6.45, 7) is 14.2. The van der Waals surface area contributed by atoms with Gasteiger partial charge in [0.05, 0.1) is 26.4 Å². The molecule has 0 saturated heterocycles. The van der Waals surface area contributed by atoms with E-state index in [-0.39, 0.29) is 25.7 Å². The fourth-order valence-electron chi connectivity index (χ4n) is 12.2. The van der Waals surface area contributed by atoms with E-state index in [4.69, 9.17) is 37.0 Å². The summed E-state index contributed by atoms with van der Waals surface area (Å²) in [6, 6.07) is 0. The molecule has 0 bridgehead atoms. The second kappa shape index (κ2) is 69.1. The fourth-order valence-corrected chi connectivity index (χ4v) is 13.8. The maximum atomic E-state index is 13.1. The number of hydrogen-bond acceptors (Lipinski definition) is 15. The molecule has 19 heteroatoms. The summed E-state index contributed by atoms with van der Waals surface area (Å²) in [6.07, 6.45) is 55.6. The molecule has 0 aliphatic rings. The van der Waals surface area contributed by atoms with Gasteiger partial charge >= 0.3 is 39.5 Å². The molecule has 0 aliphatic carbocycles. The lowest BCUT2D eigenvalue weighted by molar-refractivity contribution is -0.161. The summed E-state index contributed by atoms with van der Waals surface area (Å²) in [4.78, 5) is 72.9.